The normalized spacial score (nSPS) is 15.5. The summed E-state index contributed by atoms with van der Waals surface area (Å²) in [4.78, 5) is 26.3. The first-order valence-electron chi connectivity index (χ1n) is 9.72. The predicted octanol–water partition coefficient (Wildman–Crippen LogP) is 1.72. The molecule has 0 fully saturated rings. The van der Waals surface area contributed by atoms with Crippen LogP contribution in [0.25, 0.3) is 0 Å². The Morgan fingerprint density at radius 2 is 1.87 bits per heavy atom. The lowest BCUT2D eigenvalue weighted by molar-refractivity contribution is -0.148. The zero-order valence-corrected chi connectivity index (χ0v) is 18.1. The van der Waals surface area contributed by atoms with Crippen molar-refractivity contribution in [2.75, 3.05) is 31.7 Å². The zero-order valence-electron chi connectivity index (χ0n) is 17.2. The molecular weight excluding hydrogens is 424 g/mol. The molecule has 2 aromatic rings. The number of para-hydroxylation sites is 2. The molecule has 1 N–H and O–H groups in total. The second-order valence-electron chi connectivity index (χ2n) is 6.76. The molecule has 0 saturated carbocycles. The summed E-state index contributed by atoms with van der Waals surface area (Å²) in [6.07, 6.45) is -0.256. The van der Waals surface area contributed by atoms with Crippen molar-refractivity contribution in [2.24, 2.45) is 0 Å². The van der Waals surface area contributed by atoms with Gasteiger partial charge in [0.05, 0.1) is 24.2 Å². The van der Waals surface area contributed by atoms with E-state index in [1.165, 1.54) is 36.3 Å². The molecule has 0 bridgehead atoms. The summed E-state index contributed by atoms with van der Waals surface area (Å²) < 4.78 is 42.7. The SMILES string of the molecule is CCCNS(=O)(=O)c1ccc(OCC(=O)N2C[C@@H](C(=O)OC)Oc3ccccc32)cc1. The molecule has 10 heteroatoms. The number of anilines is 1. The summed E-state index contributed by atoms with van der Waals surface area (Å²) >= 11 is 0. The van der Waals surface area contributed by atoms with Crippen LogP contribution >= 0.6 is 0 Å². The zero-order chi connectivity index (χ0) is 22.4. The fourth-order valence-electron chi connectivity index (χ4n) is 2.98. The number of carbonyl (C=O) groups is 2. The number of benzene rings is 2. The lowest BCUT2D eigenvalue weighted by Crippen LogP contribution is -2.48. The third-order valence-corrected chi connectivity index (χ3v) is 6.05. The monoisotopic (exact) mass is 448 g/mol. The number of hydrogen-bond acceptors (Lipinski definition) is 7. The summed E-state index contributed by atoms with van der Waals surface area (Å²) in [6, 6.07) is 12.7. The van der Waals surface area contributed by atoms with Crippen LogP contribution in [0.2, 0.25) is 0 Å². The maximum atomic E-state index is 12.8. The largest absolute Gasteiger partial charge is 0.484 e. The van der Waals surface area contributed by atoms with Crippen molar-refractivity contribution >= 4 is 27.6 Å². The minimum absolute atomic E-state index is 0.00778. The Labute approximate surface area is 181 Å². The second kappa shape index (κ2) is 9.80. The van der Waals surface area contributed by atoms with Gasteiger partial charge in [0.1, 0.15) is 11.5 Å². The molecule has 166 valence electrons. The second-order valence-corrected chi connectivity index (χ2v) is 8.53. The lowest BCUT2D eigenvalue weighted by atomic mass is 10.2. The van der Waals surface area contributed by atoms with Crippen LogP contribution in [-0.4, -0.2) is 53.2 Å². The fraction of sp³-hybridized carbons (Fsp3) is 0.333. The van der Waals surface area contributed by atoms with Gasteiger partial charge in [-0.25, -0.2) is 17.9 Å². The highest BCUT2D eigenvalue weighted by Gasteiger charge is 2.34. The van der Waals surface area contributed by atoms with Gasteiger partial charge in [-0.3, -0.25) is 4.79 Å². The molecule has 9 nitrogen and oxygen atoms in total. The highest BCUT2D eigenvalue weighted by molar-refractivity contribution is 7.89. The van der Waals surface area contributed by atoms with E-state index in [4.69, 9.17) is 14.2 Å². The van der Waals surface area contributed by atoms with Crippen molar-refractivity contribution in [1.82, 2.24) is 4.72 Å². The number of methoxy groups -OCH3 is 1. The third kappa shape index (κ3) is 5.33. The molecular formula is C21H24N2O7S. The fourth-order valence-corrected chi connectivity index (χ4v) is 4.12. The van der Waals surface area contributed by atoms with E-state index in [2.05, 4.69) is 4.72 Å². The molecule has 3 rings (SSSR count). The maximum Gasteiger partial charge on any atom is 0.348 e. The molecule has 1 aliphatic heterocycles. The summed E-state index contributed by atoms with van der Waals surface area (Å²) in [5, 5.41) is 0. The number of nitrogens with one attached hydrogen (secondary N) is 1. The molecule has 0 radical (unpaired) electrons. The average Bonchev–Trinajstić information content (AvgIpc) is 2.80. The highest BCUT2D eigenvalue weighted by atomic mass is 32.2. The molecule has 0 aliphatic carbocycles. The van der Waals surface area contributed by atoms with E-state index >= 15 is 0 Å². The first-order chi connectivity index (χ1) is 14.9. The third-order valence-electron chi connectivity index (χ3n) is 4.58. The van der Waals surface area contributed by atoms with Crippen LogP contribution in [0.15, 0.2) is 53.4 Å². The Bertz CT molecular complexity index is 1040. The quantitative estimate of drug-likeness (QED) is 0.612. The first-order valence-corrected chi connectivity index (χ1v) is 11.2. The van der Waals surface area contributed by atoms with Crippen LogP contribution in [0, 0.1) is 0 Å². The van der Waals surface area contributed by atoms with Crippen LogP contribution in [-0.2, 0) is 24.3 Å². The van der Waals surface area contributed by atoms with Crippen molar-refractivity contribution in [1.29, 1.82) is 0 Å². The molecule has 0 saturated heterocycles. The van der Waals surface area contributed by atoms with Crippen LogP contribution in [0.4, 0.5) is 5.69 Å². The number of sulfonamides is 1. The van der Waals surface area contributed by atoms with Crippen molar-refractivity contribution in [3.05, 3.63) is 48.5 Å². The smallest absolute Gasteiger partial charge is 0.348 e. The Kier molecular flexibility index (Phi) is 7.13. The topological polar surface area (TPSA) is 111 Å². The summed E-state index contributed by atoms with van der Waals surface area (Å²) in [5.41, 5.74) is 0.527. The predicted molar refractivity (Wildman–Crippen MR) is 113 cm³/mol. The lowest BCUT2D eigenvalue weighted by Gasteiger charge is -2.33. The molecule has 31 heavy (non-hydrogen) atoms. The minimum Gasteiger partial charge on any atom is -0.484 e. The van der Waals surface area contributed by atoms with Crippen molar-refractivity contribution in [3.8, 4) is 11.5 Å². The van der Waals surface area contributed by atoms with Gasteiger partial charge in [0.15, 0.2) is 6.61 Å². The molecule has 2 aromatic carbocycles. The van der Waals surface area contributed by atoms with E-state index in [0.29, 0.717) is 30.2 Å². The van der Waals surface area contributed by atoms with Crippen LogP contribution in [0.5, 0.6) is 11.5 Å². The van der Waals surface area contributed by atoms with Gasteiger partial charge in [-0.2, -0.15) is 0 Å². The van der Waals surface area contributed by atoms with Gasteiger partial charge >= 0.3 is 5.97 Å². The van der Waals surface area contributed by atoms with Crippen LogP contribution in [0.3, 0.4) is 0 Å². The van der Waals surface area contributed by atoms with Crippen molar-refractivity contribution in [2.45, 2.75) is 24.3 Å². The minimum atomic E-state index is -3.58. The summed E-state index contributed by atoms with van der Waals surface area (Å²) in [7, 11) is -2.32. The van der Waals surface area contributed by atoms with E-state index in [1.807, 2.05) is 6.92 Å². The number of rotatable bonds is 8. The van der Waals surface area contributed by atoms with E-state index in [0.717, 1.165) is 0 Å². The summed E-state index contributed by atoms with van der Waals surface area (Å²) in [6.45, 7) is 1.91. The average molecular weight is 448 g/mol. The molecule has 0 aromatic heterocycles. The highest BCUT2D eigenvalue weighted by Crippen LogP contribution is 2.33. The Balaban J connectivity index is 1.68. The van der Waals surface area contributed by atoms with E-state index < -0.39 is 22.1 Å². The van der Waals surface area contributed by atoms with Gasteiger partial charge in [0, 0.05) is 6.54 Å². The number of hydrogen-bond donors (Lipinski definition) is 1. The van der Waals surface area contributed by atoms with Gasteiger partial charge < -0.3 is 19.1 Å². The molecule has 1 aliphatic rings. The molecule has 1 heterocycles. The van der Waals surface area contributed by atoms with Crippen molar-refractivity contribution < 1.29 is 32.2 Å². The Morgan fingerprint density at radius 3 is 2.55 bits per heavy atom. The van der Waals surface area contributed by atoms with E-state index in [1.54, 1.807) is 24.3 Å². The summed E-state index contributed by atoms with van der Waals surface area (Å²) in [5.74, 6) is -0.229. The Morgan fingerprint density at radius 1 is 1.16 bits per heavy atom. The molecule has 0 spiro atoms. The van der Waals surface area contributed by atoms with Gasteiger partial charge in [-0.05, 0) is 42.8 Å². The number of ether oxygens (including phenoxy) is 3. The van der Waals surface area contributed by atoms with Crippen LogP contribution in [0.1, 0.15) is 13.3 Å². The van der Waals surface area contributed by atoms with Crippen molar-refractivity contribution in [3.63, 3.8) is 0 Å². The van der Waals surface area contributed by atoms with Crippen LogP contribution < -0.4 is 19.1 Å². The number of fused-ring (bicyclic) bond motifs is 1. The van der Waals surface area contributed by atoms with E-state index in [-0.39, 0.29) is 24.0 Å². The number of carbonyl (C=O) groups excluding carboxylic acids is 2. The van der Waals surface area contributed by atoms with Gasteiger partial charge in [-0.1, -0.05) is 19.1 Å². The van der Waals surface area contributed by atoms with Gasteiger partial charge in [0.2, 0.25) is 16.1 Å². The maximum absolute atomic E-state index is 12.8. The Hall–Kier alpha value is -3.11. The van der Waals surface area contributed by atoms with Gasteiger partial charge in [0.25, 0.3) is 5.91 Å². The number of esters is 1. The molecule has 1 amide bonds. The number of nitrogens with zero attached hydrogens (tertiary/aromatic N) is 1. The molecule has 1 atom stereocenters. The van der Waals surface area contributed by atoms with E-state index in [9.17, 15) is 18.0 Å². The first kappa shape index (κ1) is 22.6. The van der Waals surface area contributed by atoms with Gasteiger partial charge in [-0.15, -0.1) is 0 Å². The molecule has 0 unspecified atom stereocenters. The number of amides is 1. The standard InChI is InChI=1S/C21H24N2O7S/c1-3-12-22-31(26,27)16-10-8-15(9-11-16)29-14-20(24)23-13-19(21(25)28-2)30-18-7-5-4-6-17(18)23/h4-11,19,22H,3,12-14H2,1-2H3/t19-/m0/s1.